The second-order valence-electron chi connectivity index (χ2n) is 4.37. The third-order valence-electron chi connectivity index (χ3n) is 2.87. The van der Waals surface area contributed by atoms with Crippen LogP contribution < -0.4 is 9.83 Å². The Labute approximate surface area is 112 Å². The minimum atomic E-state index is 0.350. The molecule has 0 spiro atoms. The second kappa shape index (κ2) is 4.51. The molecule has 0 aliphatic heterocycles. The molecule has 2 aromatic carbocycles. The summed E-state index contributed by atoms with van der Waals surface area (Å²) < 4.78 is 2.67. The molecule has 0 saturated carbocycles. The van der Waals surface area contributed by atoms with Crippen LogP contribution in [0.1, 0.15) is 11.1 Å². The summed E-state index contributed by atoms with van der Waals surface area (Å²) in [7, 11) is 0. The topological polar surface area (TPSA) is 26.0 Å². The second-order valence-corrected chi connectivity index (χ2v) is 6.64. The normalized spacial score (nSPS) is 10.5. The van der Waals surface area contributed by atoms with Crippen molar-refractivity contribution in [3.05, 3.63) is 63.8 Å². The van der Waals surface area contributed by atoms with Crippen LogP contribution in [0.4, 0.5) is 0 Å². The molecular weight excluding hydrogens is 285 g/mol. The number of aryl methyl sites for hydroxylation is 1. The average molecular weight is 298 g/mol. The fourth-order valence-corrected chi connectivity index (χ4v) is 4.26. The van der Waals surface area contributed by atoms with Crippen LogP contribution >= 0.6 is 0 Å². The molecule has 1 heterocycles. The van der Waals surface area contributed by atoms with E-state index >= 15 is 0 Å². The van der Waals surface area contributed by atoms with Gasteiger partial charge >= 0.3 is 112 Å². The van der Waals surface area contributed by atoms with E-state index < -0.39 is 0 Å². The van der Waals surface area contributed by atoms with E-state index in [1.807, 2.05) is 30.3 Å². The Hall–Kier alpha value is -1.72. The van der Waals surface area contributed by atoms with Crippen molar-refractivity contribution in [3.63, 3.8) is 0 Å². The van der Waals surface area contributed by atoms with Gasteiger partial charge in [0, 0.05) is 0 Å². The molecule has 0 aliphatic carbocycles. The van der Waals surface area contributed by atoms with E-state index in [9.17, 15) is 0 Å². The number of hydrogen-bond acceptors (Lipinski definition) is 1. The van der Waals surface area contributed by atoms with Crippen molar-refractivity contribution in [2.24, 2.45) is 5.73 Å². The monoisotopic (exact) mass is 299 g/mol. The van der Waals surface area contributed by atoms with Crippen LogP contribution in [0.15, 0.2) is 48.5 Å². The minimum absolute atomic E-state index is 0.350. The molecule has 1 aromatic heterocycles. The summed E-state index contributed by atoms with van der Waals surface area (Å²) in [5.74, 6) is 0. The molecule has 2 N–H and O–H groups in total. The molecule has 2 bridgehead atoms. The van der Waals surface area contributed by atoms with Crippen molar-refractivity contribution >= 4 is 35.6 Å². The molecule has 0 saturated heterocycles. The van der Waals surface area contributed by atoms with E-state index in [1.54, 1.807) is 0 Å². The third-order valence-corrected chi connectivity index (χ3v) is 4.99. The van der Waals surface area contributed by atoms with Crippen molar-refractivity contribution < 1.29 is 0 Å². The van der Waals surface area contributed by atoms with Gasteiger partial charge in [-0.15, -0.1) is 0 Å². The molecule has 0 amide bonds. The van der Waals surface area contributed by atoms with Gasteiger partial charge in [0.15, 0.2) is 0 Å². The Kier molecular flexibility index (Phi) is 2.85. The quantitative estimate of drug-likeness (QED) is 0.686. The van der Waals surface area contributed by atoms with Gasteiger partial charge in [-0.3, -0.25) is 0 Å². The van der Waals surface area contributed by atoms with Crippen LogP contribution in [-0.4, -0.2) is 14.5 Å². The predicted octanol–water partition coefficient (Wildman–Crippen LogP) is 2.30. The molecule has 3 aromatic rings. The molecule has 88 valence electrons. The number of hydrogen-bond donors (Lipinski definition) is 1. The fourth-order valence-electron chi connectivity index (χ4n) is 2.02. The number of benzene rings is 2. The molecular formula is C16H13NSe. The van der Waals surface area contributed by atoms with E-state index in [0.717, 1.165) is 11.3 Å². The van der Waals surface area contributed by atoms with Gasteiger partial charge in [-0.25, -0.2) is 0 Å². The molecule has 0 fully saturated rings. The number of rotatable bonds is 1. The summed E-state index contributed by atoms with van der Waals surface area (Å²) in [6.45, 7) is 2.14. The van der Waals surface area contributed by atoms with Gasteiger partial charge < -0.3 is 0 Å². The third kappa shape index (κ3) is 2.14. The zero-order valence-electron chi connectivity index (χ0n) is 10.1. The Morgan fingerprint density at radius 3 is 2.67 bits per heavy atom. The van der Waals surface area contributed by atoms with Gasteiger partial charge in [0.1, 0.15) is 0 Å². The molecule has 3 rings (SSSR count). The molecule has 0 radical (unpaired) electrons. The Balaban J connectivity index is 2.27. The van der Waals surface area contributed by atoms with Crippen LogP contribution in [0.5, 0.6) is 0 Å². The Bertz CT molecular complexity index is 777. The van der Waals surface area contributed by atoms with Gasteiger partial charge in [0.2, 0.25) is 0 Å². The van der Waals surface area contributed by atoms with E-state index in [1.165, 1.54) is 19.3 Å². The van der Waals surface area contributed by atoms with Crippen LogP contribution in [0.25, 0.3) is 21.1 Å². The maximum absolute atomic E-state index is 6.12. The fraction of sp³-hybridized carbons (Fsp3) is 0.0625. The standard InChI is InChI=1S/C16H13NSe/c1-11-7-13-9-14(8-11)18-16(13)10-15(17)12-5-3-2-4-6-12/h2-9H,17H2,1H3. The van der Waals surface area contributed by atoms with Gasteiger partial charge in [0.25, 0.3) is 0 Å². The maximum atomic E-state index is 6.12. The van der Waals surface area contributed by atoms with Gasteiger partial charge in [-0.1, -0.05) is 0 Å². The molecule has 0 unspecified atom stereocenters. The van der Waals surface area contributed by atoms with Gasteiger partial charge in [-0.05, 0) is 0 Å². The van der Waals surface area contributed by atoms with Crippen LogP contribution in [0.3, 0.4) is 0 Å². The van der Waals surface area contributed by atoms with Crippen LogP contribution in [0.2, 0.25) is 0 Å². The number of nitrogens with two attached hydrogens (primary N) is 1. The zero-order valence-corrected chi connectivity index (χ0v) is 11.8. The van der Waals surface area contributed by atoms with E-state index in [4.69, 9.17) is 5.73 Å². The van der Waals surface area contributed by atoms with Crippen LogP contribution in [0, 0.1) is 6.92 Å². The number of fused-ring (bicyclic) bond motifs is 2. The summed E-state index contributed by atoms with van der Waals surface area (Å²) in [6.07, 6.45) is 0. The zero-order chi connectivity index (χ0) is 12.5. The summed E-state index contributed by atoms with van der Waals surface area (Å²) >= 11 is 0.350. The summed E-state index contributed by atoms with van der Waals surface area (Å²) in [6, 6.07) is 16.7. The van der Waals surface area contributed by atoms with Crippen molar-refractivity contribution in [1.82, 2.24) is 0 Å². The first-order valence-electron chi connectivity index (χ1n) is 5.84. The SMILES string of the molecule is Cc1cc2cc(c1)c(=C=C(N)c1ccccc1)[se]2. The Morgan fingerprint density at radius 1 is 1.11 bits per heavy atom. The van der Waals surface area contributed by atoms with Crippen molar-refractivity contribution in [2.45, 2.75) is 6.92 Å². The molecule has 2 heteroatoms. The van der Waals surface area contributed by atoms with Crippen molar-refractivity contribution in [2.75, 3.05) is 0 Å². The van der Waals surface area contributed by atoms with Gasteiger partial charge in [-0.2, -0.15) is 0 Å². The predicted molar refractivity (Wildman–Crippen MR) is 78.3 cm³/mol. The first-order valence-corrected chi connectivity index (χ1v) is 7.55. The first-order chi connectivity index (χ1) is 8.72. The molecule has 0 atom stereocenters. The summed E-state index contributed by atoms with van der Waals surface area (Å²) in [5, 5.41) is 1.28. The van der Waals surface area contributed by atoms with E-state index in [-0.39, 0.29) is 0 Å². The summed E-state index contributed by atoms with van der Waals surface area (Å²) in [5.41, 5.74) is 12.6. The van der Waals surface area contributed by atoms with E-state index in [0.29, 0.717) is 14.5 Å². The van der Waals surface area contributed by atoms with E-state index in [2.05, 4.69) is 30.9 Å². The molecule has 18 heavy (non-hydrogen) atoms. The van der Waals surface area contributed by atoms with Crippen molar-refractivity contribution in [3.8, 4) is 0 Å². The first kappa shape index (κ1) is 11.4. The average Bonchev–Trinajstić information content (AvgIpc) is 2.65. The van der Waals surface area contributed by atoms with Crippen molar-refractivity contribution in [1.29, 1.82) is 0 Å². The Morgan fingerprint density at radius 2 is 1.89 bits per heavy atom. The molecule has 0 aliphatic rings. The summed E-state index contributed by atoms with van der Waals surface area (Å²) in [4.78, 5) is 0. The van der Waals surface area contributed by atoms with Crippen LogP contribution in [-0.2, 0) is 0 Å². The van der Waals surface area contributed by atoms with Gasteiger partial charge in [0.05, 0.1) is 0 Å². The molecule has 1 nitrogen and oxygen atoms in total.